The summed E-state index contributed by atoms with van der Waals surface area (Å²) in [6.07, 6.45) is 6.47. The summed E-state index contributed by atoms with van der Waals surface area (Å²) in [5.74, 6) is 0.808. The van der Waals surface area contributed by atoms with Gasteiger partial charge < -0.3 is 4.74 Å². The van der Waals surface area contributed by atoms with Crippen molar-refractivity contribution in [3.63, 3.8) is 0 Å². The first-order valence-corrected chi connectivity index (χ1v) is 9.82. The van der Waals surface area contributed by atoms with Crippen LogP contribution in [0.4, 0.5) is 0 Å². The largest absolute Gasteiger partial charge is 0.378 e. The Bertz CT molecular complexity index is 355. The van der Waals surface area contributed by atoms with Crippen LogP contribution in [-0.4, -0.2) is 26.9 Å². The molecule has 19 heavy (non-hydrogen) atoms. The fourth-order valence-electron chi connectivity index (χ4n) is 2.76. The topological polar surface area (TPSA) is 43.4 Å². The molecule has 0 N–H and O–H groups in total. The second-order valence-corrected chi connectivity index (χ2v) is 8.86. The zero-order valence-electron chi connectivity index (χ0n) is 12.3. The van der Waals surface area contributed by atoms with Crippen LogP contribution in [0.5, 0.6) is 0 Å². The molecule has 3 nitrogen and oxygen atoms in total. The first kappa shape index (κ1) is 17.3. The van der Waals surface area contributed by atoms with Crippen molar-refractivity contribution in [3.05, 3.63) is 0 Å². The van der Waals surface area contributed by atoms with Gasteiger partial charge in [0.25, 0.3) is 0 Å². The molecule has 1 rings (SSSR count). The lowest BCUT2D eigenvalue weighted by Gasteiger charge is -2.34. The van der Waals surface area contributed by atoms with E-state index in [4.69, 9.17) is 15.4 Å². The molecule has 1 fully saturated rings. The van der Waals surface area contributed by atoms with Gasteiger partial charge in [-0.2, -0.15) is 0 Å². The Labute approximate surface area is 122 Å². The average molecular weight is 311 g/mol. The van der Waals surface area contributed by atoms with Crippen molar-refractivity contribution < 1.29 is 13.2 Å². The van der Waals surface area contributed by atoms with Crippen molar-refractivity contribution in [1.29, 1.82) is 0 Å². The van der Waals surface area contributed by atoms with E-state index in [1.165, 1.54) is 12.8 Å². The van der Waals surface area contributed by atoms with Gasteiger partial charge in [0, 0.05) is 16.1 Å². The first-order chi connectivity index (χ1) is 8.80. The van der Waals surface area contributed by atoms with Gasteiger partial charge in [-0.1, -0.05) is 20.8 Å². The van der Waals surface area contributed by atoms with E-state index in [1.807, 2.05) is 13.8 Å². The van der Waals surface area contributed by atoms with Crippen LogP contribution < -0.4 is 0 Å². The maximum Gasteiger partial charge on any atom is 0.233 e. The Morgan fingerprint density at radius 1 is 1.16 bits per heavy atom. The van der Waals surface area contributed by atoms with Crippen molar-refractivity contribution in [1.82, 2.24) is 0 Å². The summed E-state index contributed by atoms with van der Waals surface area (Å²) in [5.41, 5.74) is -0.330. The molecule has 0 heterocycles. The van der Waals surface area contributed by atoms with E-state index >= 15 is 0 Å². The lowest BCUT2D eigenvalue weighted by molar-refractivity contribution is -0.0268. The van der Waals surface area contributed by atoms with Gasteiger partial charge in [-0.05, 0) is 44.4 Å². The van der Waals surface area contributed by atoms with E-state index in [1.54, 1.807) is 0 Å². The molecule has 1 aliphatic rings. The fourth-order valence-corrected chi connectivity index (χ4v) is 4.67. The molecule has 0 spiro atoms. The summed E-state index contributed by atoms with van der Waals surface area (Å²) < 4.78 is 28.7. The van der Waals surface area contributed by atoms with Gasteiger partial charge in [-0.15, -0.1) is 0 Å². The minimum Gasteiger partial charge on any atom is -0.378 e. The van der Waals surface area contributed by atoms with E-state index in [0.717, 1.165) is 31.6 Å². The molecular weight excluding hydrogens is 284 g/mol. The molecule has 0 unspecified atom stereocenters. The van der Waals surface area contributed by atoms with Crippen molar-refractivity contribution in [2.45, 2.75) is 65.4 Å². The second-order valence-electron chi connectivity index (χ2n) is 6.08. The maximum absolute atomic E-state index is 11.4. The van der Waals surface area contributed by atoms with Gasteiger partial charge in [0.15, 0.2) is 0 Å². The van der Waals surface area contributed by atoms with Crippen molar-refractivity contribution in [2.24, 2.45) is 11.3 Å². The lowest BCUT2D eigenvalue weighted by Crippen LogP contribution is -2.35. The van der Waals surface area contributed by atoms with Gasteiger partial charge in [0.2, 0.25) is 9.05 Å². The quantitative estimate of drug-likeness (QED) is 0.669. The molecule has 0 atom stereocenters. The van der Waals surface area contributed by atoms with Gasteiger partial charge in [0.05, 0.1) is 18.5 Å². The summed E-state index contributed by atoms with van der Waals surface area (Å²) in [6, 6.07) is 0. The standard InChI is InChI=1S/C14H27ClO3S/c1-4-14(5-2,11-19(15,16)17)10-18-13-8-6-12(3)7-9-13/h12-13H,4-11H2,1-3H3. The van der Waals surface area contributed by atoms with Crippen LogP contribution in [0.15, 0.2) is 0 Å². The highest BCUT2D eigenvalue weighted by molar-refractivity contribution is 8.13. The Morgan fingerprint density at radius 3 is 2.11 bits per heavy atom. The van der Waals surface area contributed by atoms with Crippen molar-refractivity contribution >= 4 is 19.7 Å². The highest BCUT2D eigenvalue weighted by Crippen LogP contribution is 2.33. The van der Waals surface area contributed by atoms with Gasteiger partial charge in [-0.3, -0.25) is 0 Å². The SMILES string of the molecule is CCC(CC)(COC1CCC(C)CC1)CS(=O)(=O)Cl. The molecule has 1 aliphatic carbocycles. The van der Waals surface area contributed by atoms with E-state index < -0.39 is 9.05 Å². The molecule has 0 aromatic carbocycles. The lowest BCUT2D eigenvalue weighted by atomic mass is 9.85. The average Bonchev–Trinajstić information content (AvgIpc) is 2.35. The van der Waals surface area contributed by atoms with Gasteiger partial charge in [0.1, 0.15) is 0 Å². The number of hydrogen-bond donors (Lipinski definition) is 0. The molecular formula is C14H27ClO3S. The third kappa shape index (κ3) is 6.01. The predicted molar refractivity (Wildman–Crippen MR) is 80.0 cm³/mol. The molecule has 0 radical (unpaired) electrons. The molecule has 0 saturated heterocycles. The van der Waals surface area contributed by atoms with E-state index in [0.29, 0.717) is 12.7 Å². The summed E-state index contributed by atoms with van der Waals surface area (Å²) in [7, 11) is 1.96. The highest BCUT2D eigenvalue weighted by atomic mass is 35.7. The molecule has 0 amide bonds. The number of hydrogen-bond acceptors (Lipinski definition) is 3. The number of halogens is 1. The third-order valence-electron chi connectivity index (χ3n) is 4.57. The zero-order valence-corrected chi connectivity index (χ0v) is 13.9. The maximum atomic E-state index is 11.4. The second kappa shape index (κ2) is 7.28. The fraction of sp³-hybridized carbons (Fsp3) is 1.00. The van der Waals surface area contributed by atoms with Crippen molar-refractivity contribution in [3.8, 4) is 0 Å². The molecule has 114 valence electrons. The molecule has 0 bridgehead atoms. The van der Waals surface area contributed by atoms with E-state index in [2.05, 4.69) is 6.92 Å². The highest BCUT2D eigenvalue weighted by Gasteiger charge is 2.33. The summed E-state index contributed by atoms with van der Waals surface area (Å²) in [5, 5.41) is 0. The first-order valence-electron chi connectivity index (χ1n) is 7.34. The third-order valence-corrected chi connectivity index (χ3v) is 5.85. The summed E-state index contributed by atoms with van der Waals surface area (Å²) in [6.45, 7) is 6.80. The minimum atomic E-state index is -3.48. The van der Waals surface area contributed by atoms with Crippen LogP contribution >= 0.6 is 10.7 Å². The minimum absolute atomic E-state index is 0.0116. The van der Waals surface area contributed by atoms with Crippen LogP contribution in [0.2, 0.25) is 0 Å². The summed E-state index contributed by atoms with van der Waals surface area (Å²) in [4.78, 5) is 0. The Kier molecular flexibility index (Phi) is 6.61. The van der Waals surface area contributed by atoms with Crippen LogP contribution in [0.1, 0.15) is 59.3 Å². The van der Waals surface area contributed by atoms with Crippen LogP contribution in [0.3, 0.4) is 0 Å². The Morgan fingerprint density at radius 2 is 1.68 bits per heavy atom. The normalized spacial score (nSPS) is 25.5. The monoisotopic (exact) mass is 310 g/mol. The predicted octanol–water partition coefficient (Wildman–Crippen LogP) is 3.96. The molecule has 0 aromatic rings. The van der Waals surface area contributed by atoms with Gasteiger partial charge in [-0.25, -0.2) is 8.42 Å². The van der Waals surface area contributed by atoms with Crippen LogP contribution in [-0.2, 0) is 13.8 Å². The molecule has 1 saturated carbocycles. The number of ether oxygens (including phenoxy) is 1. The smallest absolute Gasteiger partial charge is 0.233 e. The summed E-state index contributed by atoms with van der Waals surface area (Å²) >= 11 is 0. The Hall–Kier alpha value is 0.200. The number of rotatable bonds is 7. The van der Waals surface area contributed by atoms with Gasteiger partial charge >= 0.3 is 0 Å². The molecule has 0 aromatic heterocycles. The van der Waals surface area contributed by atoms with Crippen LogP contribution in [0.25, 0.3) is 0 Å². The van der Waals surface area contributed by atoms with E-state index in [9.17, 15) is 8.42 Å². The molecule has 0 aliphatic heterocycles. The van der Waals surface area contributed by atoms with Crippen molar-refractivity contribution in [2.75, 3.05) is 12.4 Å². The zero-order chi connectivity index (χ0) is 14.5. The van der Waals surface area contributed by atoms with Crippen LogP contribution in [0, 0.1) is 11.3 Å². The Balaban J connectivity index is 2.54. The molecule has 5 heteroatoms. The van der Waals surface area contributed by atoms with E-state index in [-0.39, 0.29) is 11.2 Å².